The number of hydrogen-bond donors (Lipinski definition) is 3. The van der Waals surface area contributed by atoms with Gasteiger partial charge in [0, 0.05) is 24.4 Å². The van der Waals surface area contributed by atoms with Crippen molar-refractivity contribution < 1.29 is 5.11 Å². The van der Waals surface area contributed by atoms with Crippen molar-refractivity contribution in [3.8, 4) is 0 Å². The summed E-state index contributed by atoms with van der Waals surface area (Å²) in [5, 5.41) is 12.0. The van der Waals surface area contributed by atoms with Crippen LogP contribution in [0.15, 0.2) is 6.20 Å². The first-order valence-electron chi connectivity index (χ1n) is 5.10. The highest BCUT2D eigenvalue weighted by Crippen LogP contribution is 2.13. The molecule has 1 aromatic rings. The van der Waals surface area contributed by atoms with Gasteiger partial charge < -0.3 is 16.2 Å². The minimum absolute atomic E-state index is 0.219. The monoisotopic (exact) mass is 210 g/mol. The molecule has 0 aliphatic rings. The van der Waals surface area contributed by atoms with E-state index < -0.39 is 0 Å². The molecule has 1 atom stereocenters. The second-order valence-electron chi connectivity index (χ2n) is 3.67. The Morgan fingerprint density at radius 3 is 3.00 bits per heavy atom. The van der Waals surface area contributed by atoms with Crippen molar-refractivity contribution in [2.24, 2.45) is 0 Å². The van der Waals surface area contributed by atoms with Crippen molar-refractivity contribution in [2.75, 3.05) is 17.7 Å². The van der Waals surface area contributed by atoms with Crippen LogP contribution in [0.5, 0.6) is 0 Å². The fraction of sp³-hybridized carbons (Fsp3) is 0.600. The number of nitrogen functional groups attached to an aromatic ring is 1. The summed E-state index contributed by atoms with van der Waals surface area (Å²) in [6.45, 7) is 4.20. The molecule has 0 spiro atoms. The average molecular weight is 210 g/mol. The fourth-order valence-electron chi connectivity index (χ4n) is 1.30. The minimum Gasteiger partial charge on any atom is -0.396 e. The minimum atomic E-state index is 0.219. The van der Waals surface area contributed by atoms with Crippen LogP contribution >= 0.6 is 0 Å². The Morgan fingerprint density at radius 2 is 2.33 bits per heavy atom. The van der Waals surface area contributed by atoms with Crippen LogP contribution in [0.3, 0.4) is 0 Å². The summed E-state index contributed by atoms with van der Waals surface area (Å²) in [5.74, 6) is 1.05. The van der Waals surface area contributed by atoms with E-state index >= 15 is 0 Å². The first-order valence-corrected chi connectivity index (χ1v) is 5.10. The van der Waals surface area contributed by atoms with Crippen molar-refractivity contribution in [3.05, 3.63) is 11.8 Å². The molecule has 1 aromatic heterocycles. The van der Waals surface area contributed by atoms with Gasteiger partial charge in [0.15, 0.2) is 0 Å². The lowest BCUT2D eigenvalue weighted by molar-refractivity contribution is 0.282. The molecule has 15 heavy (non-hydrogen) atoms. The van der Waals surface area contributed by atoms with Crippen molar-refractivity contribution in [1.29, 1.82) is 0 Å². The van der Waals surface area contributed by atoms with Gasteiger partial charge in [-0.3, -0.25) is 0 Å². The Kier molecular flexibility index (Phi) is 4.30. The van der Waals surface area contributed by atoms with Gasteiger partial charge in [0.05, 0.1) is 0 Å². The quantitative estimate of drug-likeness (QED) is 0.673. The van der Waals surface area contributed by atoms with E-state index in [-0.39, 0.29) is 18.6 Å². The van der Waals surface area contributed by atoms with Crippen molar-refractivity contribution in [1.82, 2.24) is 9.97 Å². The molecule has 84 valence electrons. The zero-order valence-corrected chi connectivity index (χ0v) is 9.20. The van der Waals surface area contributed by atoms with Crippen LogP contribution in [0.4, 0.5) is 11.8 Å². The van der Waals surface area contributed by atoms with E-state index in [2.05, 4.69) is 15.3 Å². The largest absolute Gasteiger partial charge is 0.396 e. The van der Waals surface area contributed by atoms with E-state index in [1.165, 1.54) is 0 Å². The predicted molar refractivity (Wildman–Crippen MR) is 60.6 cm³/mol. The van der Waals surface area contributed by atoms with E-state index in [1.54, 1.807) is 6.20 Å². The molecule has 1 rings (SSSR count). The van der Waals surface area contributed by atoms with Crippen LogP contribution in [-0.2, 0) is 0 Å². The average Bonchev–Trinajstić information content (AvgIpc) is 2.20. The van der Waals surface area contributed by atoms with Crippen LogP contribution in [0.25, 0.3) is 0 Å². The number of nitrogens with one attached hydrogen (secondary N) is 1. The smallest absolute Gasteiger partial charge is 0.221 e. The van der Waals surface area contributed by atoms with E-state index in [9.17, 15) is 0 Å². The first kappa shape index (κ1) is 11.7. The van der Waals surface area contributed by atoms with Gasteiger partial charge in [-0.1, -0.05) is 0 Å². The van der Waals surface area contributed by atoms with E-state index in [0.29, 0.717) is 0 Å². The fourth-order valence-corrected chi connectivity index (χ4v) is 1.30. The number of aliphatic hydroxyl groups is 1. The maximum Gasteiger partial charge on any atom is 0.221 e. The van der Waals surface area contributed by atoms with Gasteiger partial charge in [-0.05, 0) is 26.7 Å². The lowest BCUT2D eigenvalue weighted by atomic mass is 10.2. The third-order valence-corrected chi connectivity index (χ3v) is 2.17. The number of aromatic nitrogens is 2. The van der Waals surface area contributed by atoms with Gasteiger partial charge in [0.2, 0.25) is 5.95 Å². The summed E-state index contributed by atoms with van der Waals surface area (Å²) < 4.78 is 0. The molecule has 0 fully saturated rings. The highest BCUT2D eigenvalue weighted by molar-refractivity contribution is 5.45. The van der Waals surface area contributed by atoms with Crippen LogP contribution in [-0.4, -0.2) is 27.7 Å². The maximum atomic E-state index is 8.71. The summed E-state index contributed by atoms with van der Waals surface area (Å²) in [4.78, 5) is 8.01. The Bertz CT molecular complexity index is 316. The third-order valence-electron chi connectivity index (χ3n) is 2.17. The topological polar surface area (TPSA) is 84.1 Å². The Balaban J connectivity index is 2.59. The van der Waals surface area contributed by atoms with Crippen LogP contribution < -0.4 is 11.1 Å². The highest BCUT2D eigenvalue weighted by atomic mass is 16.2. The lowest BCUT2D eigenvalue weighted by Gasteiger charge is -2.15. The van der Waals surface area contributed by atoms with Crippen LogP contribution in [0.1, 0.15) is 25.3 Å². The number of nitrogens with two attached hydrogens (primary N) is 1. The van der Waals surface area contributed by atoms with Gasteiger partial charge in [-0.25, -0.2) is 4.98 Å². The number of aliphatic hydroxyl groups excluding tert-OH is 1. The van der Waals surface area contributed by atoms with Gasteiger partial charge in [-0.2, -0.15) is 4.98 Å². The maximum absolute atomic E-state index is 8.71. The Labute approximate surface area is 89.7 Å². The first-order chi connectivity index (χ1) is 7.13. The summed E-state index contributed by atoms with van der Waals surface area (Å²) in [7, 11) is 0. The van der Waals surface area contributed by atoms with Crippen molar-refractivity contribution >= 4 is 11.8 Å². The molecule has 0 saturated carbocycles. The van der Waals surface area contributed by atoms with E-state index in [0.717, 1.165) is 24.2 Å². The third kappa shape index (κ3) is 3.71. The molecule has 0 amide bonds. The summed E-state index contributed by atoms with van der Waals surface area (Å²) in [5.41, 5.74) is 6.47. The molecule has 1 heterocycles. The van der Waals surface area contributed by atoms with E-state index in [1.807, 2.05) is 13.8 Å². The van der Waals surface area contributed by atoms with Gasteiger partial charge >= 0.3 is 0 Å². The summed E-state index contributed by atoms with van der Waals surface area (Å²) in [6, 6.07) is 0.269. The predicted octanol–water partition coefficient (Wildman–Crippen LogP) is 0.940. The lowest BCUT2D eigenvalue weighted by Crippen LogP contribution is -2.17. The van der Waals surface area contributed by atoms with Crippen molar-refractivity contribution in [3.63, 3.8) is 0 Å². The molecule has 0 radical (unpaired) electrons. The number of anilines is 2. The number of aryl methyl sites for hydroxylation is 1. The summed E-state index contributed by atoms with van der Waals surface area (Å²) in [6.07, 6.45) is 3.39. The van der Waals surface area contributed by atoms with Gasteiger partial charge in [0.25, 0.3) is 0 Å². The molecule has 0 aromatic carbocycles. The molecule has 5 heteroatoms. The molecule has 0 aliphatic carbocycles. The van der Waals surface area contributed by atoms with Crippen LogP contribution in [0, 0.1) is 6.92 Å². The zero-order valence-electron chi connectivity index (χ0n) is 9.20. The summed E-state index contributed by atoms with van der Waals surface area (Å²) >= 11 is 0. The molecular formula is C10H18N4O. The Hall–Kier alpha value is -1.36. The number of nitrogens with zero attached hydrogens (tertiary/aromatic N) is 2. The highest BCUT2D eigenvalue weighted by Gasteiger charge is 2.06. The molecule has 4 N–H and O–H groups in total. The molecule has 5 nitrogen and oxygen atoms in total. The SMILES string of the molecule is Cc1cnc(N)nc1NC(C)CCCO. The normalized spacial score (nSPS) is 12.5. The Morgan fingerprint density at radius 1 is 1.60 bits per heavy atom. The number of hydrogen-bond acceptors (Lipinski definition) is 5. The molecule has 1 unspecified atom stereocenters. The second-order valence-corrected chi connectivity index (χ2v) is 3.67. The standard InChI is InChI=1S/C10H18N4O/c1-7-6-12-10(11)14-9(7)13-8(2)4-3-5-15/h6,8,15H,3-5H2,1-2H3,(H3,11,12,13,14). The zero-order chi connectivity index (χ0) is 11.3. The number of rotatable bonds is 5. The molecule has 0 aliphatic heterocycles. The van der Waals surface area contributed by atoms with Crippen molar-refractivity contribution in [2.45, 2.75) is 32.7 Å². The van der Waals surface area contributed by atoms with E-state index in [4.69, 9.17) is 10.8 Å². The molecule has 0 saturated heterocycles. The second kappa shape index (κ2) is 5.50. The molecule has 0 bridgehead atoms. The molecular weight excluding hydrogens is 192 g/mol. The van der Waals surface area contributed by atoms with Gasteiger partial charge in [0.1, 0.15) is 5.82 Å². The van der Waals surface area contributed by atoms with Gasteiger partial charge in [-0.15, -0.1) is 0 Å². The van der Waals surface area contributed by atoms with Crippen LogP contribution in [0.2, 0.25) is 0 Å².